The summed E-state index contributed by atoms with van der Waals surface area (Å²) in [6.45, 7) is 9.55. The van der Waals surface area contributed by atoms with Gasteiger partial charge < -0.3 is 19.7 Å². The van der Waals surface area contributed by atoms with Gasteiger partial charge in [0.25, 0.3) is 5.91 Å². The van der Waals surface area contributed by atoms with Gasteiger partial charge in [-0.2, -0.15) is 0 Å². The van der Waals surface area contributed by atoms with Crippen LogP contribution in [0.5, 0.6) is 0 Å². The topological polar surface area (TPSA) is 76.6 Å². The number of piperidine rings is 1. The molecular formula is C18H28N4O3. The maximum absolute atomic E-state index is 12.8. The average Bonchev–Trinajstić information content (AvgIpc) is 3.02. The minimum atomic E-state index is -0.470. The molecule has 2 fully saturated rings. The predicted molar refractivity (Wildman–Crippen MR) is 94.5 cm³/mol. The summed E-state index contributed by atoms with van der Waals surface area (Å²) in [6, 6.07) is 1.75. The zero-order valence-corrected chi connectivity index (χ0v) is 15.4. The number of rotatable bonds is 5. The number of ether oxygens (including phenoxy) is 2. The maximum Gasteiger partial charge on any atom is 0.272 e. The monoisotopic (exact) mass is 348 g/mol. The van der Waals surface area contributed by atoms with Crippen LogP contribution in [0.15, 0.2) is 6.07 Å². The van der Waals surface area contributed by atoms with Gasteiger partial charge in [0, 0.05) is 38.5 Å². The van der Waals surface area contributed by atoms with Crippen LogP contribution in [0.4, 0.5) is 5.82 Å². The van der Waals surface area contributed by atoms with Crippen molar-refractivity contribution in [2.45, 2.75) is 45.8 Å². The third-order valence-corrected chi connectivity index (χ3v) is 4.71. The molecule has 3 rings (SSSR count). The van der Waals surface area contributed by atoms with E-state index in [1.54, 1.807) is 6.07 Å². The number of amides is 1. The Morgan fingerprint density at radius 3 is 2.60 bits per heavy atom. The first-order valence-electron chi connectivity index (χ1n) is 9.14. The molecule has 138 valence electrons. The van der Waals surface area contributed by atoms with Crippen LogP contribution in [0.3, 0.4) is 0 Å². The lowest BCUT2D eigenvalue weighted by Gasteiger charge is -2.37. The van der Waals surface area contributed by atoms with Crippen LogP contribution in [-0.4, -0.2) is 59.4 Å². The first-order chi connectivity index (χ1) is 12.0. The van der Waals surface area contributed by atoms with Crippen molar-refractivity contribution in [3.05, 3.63) is 17.6 Å². The fourth-order valence-corrected chi connectivity index (χ4v) is 3.25. The van der Waals surface area contributed by atoms with Gasteiger partial charge in [0.2, 0.25) is 0 Å². The van der Waals surface area contributed by atoms with Crippen molar-refractivity contribution in [3.63, 3.8) is 0 Å². The molecule has 25 heavy (non-hydrogen) atoms. The number of aromatic nitrogens is 2. The van der Waals surface area contributed by atoms with Crippen molar-refractivity contribution >= 4 is 11.7 Å². The van der Waals surface area contributed by atoms with E-state index in [-0.39, 0.29) is 5.91 Å². The third kappa shape index (κ3) is 4.46. The van der Waals surface area contributed by atoms with E-state index in [4.69, 9.17) is 9.47 Å². The van der Waals surface area contributed by atoms with E-state index in [9.17, 15) is 4.79 Å². The van der Waals surface area contributed by atoms with Crippen molar-refractivity contribution < 1.29 is 14.3 Å². The molecule has 2 saturated heterocycles. The summed E-state index contributed by atoms with van der Waals surface area (Å²) >= 11 is 0. The third-order valence-electron chi connectivity index (χ3n) is 4.71. The molecule has 0 atom stereocenters. The molecular weight excluding hydrogens is 320 g/mol. The molecule has 0 unspecified atom stereocenters. The Morgan fingerprint density at radius 2 is 1.96 bits per heavy atom. The molecule has 0 saturated carbocycles. The molecule has 2 aliphatic rings. The largest absolute Gasteiger partial charge is 0.370 e. The number of nitrogens with one attached hydrogen (secondary N) is 1. The van der Waals surface area contributed by atoms with Crippen molar-refractivity contribution in [2.24, 2.45) is 5.92 Å². The Labute approximate surface area is 149 Å². The van der Waals surface area contributed by atoms with Gasteiger partial charge in [-0.25, -0.2) is 9.97 Å². The van der Waals surface area contributed by atoms with Crippen molar-refractivity contribution in [1.29, 1.82) is 0 Å². The van der Waals surface area contributed by atoms with E-state index < -0.39 is 5.79 Å². The van der Waals surface area contributed by atoms with Crippen LogP contribution in [0.2, 0.25) is 0 Å². The Hall–Kier alpha value is -1.73. The van der Waals surface area contributed by atoms with Gasteiger partial charge in [0.15, 0.2) is 5.79 Å². The van der Waals surface area contributed by atoms with E-state index in [1.807, 2.05) is 11.8 Å². The lowest BCUT2D eigenvalue weighted by molar-refractivity contribution is -0.181. The lowest BCUT2D eigenvalue weighted by atomic mass is 10.0. The molecule has 1 aromatic heterocycles. The summed E-state index contributed by atoms with van der Waals surface area (Å²) in [5.41, 5.74) is 0.448. The normalized spacial score (nSPS) is 19.6. The highest BCUT2D eigenvalue weighted by Gasteiger charge is 2.41. The second-order valence-corrected chi connectivity index (χ2v) is 7.19. The summed E-state index contributed by atoms with van der Waals surface area (Å²) in [6.07, 6.45) is 2.48. The molecule has 7 nitrogen and oxygen atoms in total. The van der Waals surface area contributed by atoms with Crippen LogP contribution in [-0.2, 0) is 9.47 Å². The summed E-state index contributed by atoms with van der Waals surface area (Å²) in [5, 5.41) is 3.29. The minimum Gasteiger partial charge on any atom is -0.370 e. The van der Waals surface area contributed by atoms with Gasteiger partial charge in [-0.05, 0) is 19.3 Å². The first kappa shape index (κ1) is 18.1. The quantitative estimate of drug-likeness (QED) is 0.879. The van der Waals surface area contributed by atoms with Crippen molar-refractivity contribution in [2.75, 3.05) is 38.2 Å². The summed E-state index contributed by atoms with van der Waals surface area (Å²) in [5.74, 6) is 1.42. The Morgan fingerprint density at radius 1 is 1.28 bits per heavy atom. The number of hydrogen-bond donors (Lipinski definition) is 1. The molecule has 1 N–H and O–H groups in total. The second-order valence-electron chi connectivity index (χ2n) is 7.19. The molecule has 3 heterocycles. The maximum atomic E-state index is 12.8. The molecule has 1 amide bonds. The van der Waals surface area contributed by atoms with E-state index in [0.717, 1.165) is 13.0 Å². The molecule has 0 radical (unpaired) electrons. The lowest BCUT2D eigenvalue weighted by Crippen LogP contribution is -2.47. The minimum absolute atomic E-state index is 0.0507. The van der Waals surface area contributed by atoms with E-state index in [1.165, 1.54) is 0 Å². The van der Waals surface area contributed by atoms with Gasteiger partial charge >= 0.3 is 0 Å². The Balaban J connectivity index is 1.62. The molecule has 1 aromatic rings. The molecule has 2 aliphatic heterocycles. The van der Waals surface area contributed by atoms with E-state index in [2.05, 4.69) is 29.1 Å². The Bertz CT molecular complexity index is 604. The summed E-state index contributed by atoms with van der Waals surface area (Å²) in [4.78, 5) is 23.4. The number of carbonyl (C=O) groups is 1. The van der Waals surface area contributed by atoms with Crippen LogP contribution in [0, 0.1) is 12.8 Å². The summed E-state index contributed by atoms with van der Waals surface area (Å²) in [7, 11) is 0. The number of anilines is 1. The van der Waals surface area contributed by atoms with Crippen LogP contribution >= 0.6 is 0 Å². The van der Waals surface area contributed by atoms with Gasteiger partial charge in [-0.3, -0.25) is 4.79 Å². The number of nitrogens with zero attached hydrogens (tertiary/aromatic N) is 3. The van der Waals surface area contributed by atoms with E-state index in [0.29, 0.717) is 62.4 Å². The van der Waals surface area contributed by atoms with Crippen LogP contribution in [0.25, 0.3) is 0 Å². The summed E-state index contributed by atoms with van der Waals surface area (Å²) < 4.78 is 11.4. The average molecular weight is 348 g/mol. The number of aryl methyl sites for hydroxylation is 1. The molecule has 1 spiro atoms. The van der Waals surface area contributed by atoms with Crippen molar-refractivity contribution in [1.82, 2.24) is 14.9 Å². The fourth-order valence-electron chi connectivity index (χ4n) is 3.25. The number of likely N-dealkylation sites (tertiary alicyclic amines) is 1. The highest BCUT2D eigenvalue weighted by atomic mass is 16.7. The highest BCUT2D eigenvalue weighted by Crippen LogP contribution is 2.31. The van der Waals surface area contributed by atoms with Crippen LogP contribution < -0.4 is 5.32 Å². The number of hydrogen-bond acceptors (Lipinski definition) is 6. The molecule has 7 heteroatoms. The van der Waals surface area contributed by atoms with Gasteiger partial charge in [0.1, 0.15) is 17.3 Å². The zero-order chi connectivity index (χ0) is 17.9. The predicted octanol–water partition coefficient (Wildman–Crippen LogP) is 2.22. The molecule has 0 aromatic carbocycles. The molecule has 0 aliphatic carbocycles. The van der Waals surface area contributed by atoms with E-state index >= 15 is 0 Å². The Kier molecular flexibility index (Phi) is 5.54. The first-order valence-corrected chi connectivity index (χ1v) is 9.14. The number of carbonyl (C=O) groups excluding carboxylic acids is 1. The van der Waals surface area contributed by atoms with Gasteiger partial charge in [0.05, 0.1) is 13.2 Å². The van der Waals surface area contributed by atoms with Crippen LogP contribution in [0.1, 0.15) is 49.4 Å². The smallest absolute Gasteiger partial charge is 0.272 e. The highest BCUT2D eigenvalue weighted by molar-refractivity contribution is 5.93. The van der Waals surface area contributed by atoms with Gasteiger partial charge in [-0.15, -0.1) is 0 Å². The fraction of sp³-hybridized carbons (Fsp3) is 0.722. The van der Waals surface area contributed by atoms with Crippen molar-refractivity contribution in [3.8, 4) is 0 Å². The SMILES string of the molecule is Cc1nc(NCCC(C)C)cc(C(=O)N2CCC3(CC2)OCCO3)n1. The zero-order valence-electron chi connectivity index (χ0n) is 15.4. The second kappa shape index (κ2) is 7.66. The van der Waals surface area contributed by atoms with Gasteiger partial charge in [-0.1, -0.05) is 13.8 Å². The molecule has 0 bridgehead atoms. The standard InChI is InChI=1S/C18H28N4O3/c1-13(2)4-7-19-16-12-15(20-14(3)21-16)17(23)22-8-5-18(6-9-22)24-10-11-25-18/h12-13H,4-11H2,1-3H3,(H,19,20,21).